The van der Waals surface area contributed by atoms with Gasteiger partial charge in [0.2, 0.25) is 5.43 Å². The van der Waals surface area contributed by atoms with Crippen molar-refractivity contribution < 1.29 is 19.1 Å². The molecule has 2 aromatic rings. The van der Waals surface area contributed by atoms with Gasteiger partial charge in [-0.1, -0.05) is 12.1 Å². The molecular weight excluding hydrogens is 238 g/mol. The number of rotatable bonds is 1. The molecule has 92 valence electrons. The Bertz CT molecular complexity index is 701. The van der Waals surface area contributed by atoms with E-state index in [1.54, 1.807) is 25.1 Å². The molecule has 0 fully saturated rings. The number of carbonyl (C=O) groups is 2. The van der Waals surface area contributed by atoms with Crippen molar-refractivity contribution in [3.8, 4) is 0 Å². The van der Waals surface area contributed by atoms with Crippen LogP contribution in [0.2, 0.25) is 0 Å². The SMILES string of the molecule is Cc1cccc2c(=O)c(NC(=O)C(=O)O)coc12. The third-order valence-electron chi connectivity index (χ3n) is 2.44. The molecule has 0 radical (unpaired) electrons. The second-order valence-electron chi connectivity index (χ2n) is 3.69. The molecule has 0 aliphatic carbocycles. The third-order valence-corrected chi connectivity index (χ3v) is 2.44. The predicted octanol–water partition coefficient (Wildman–Crippen LogP) is 1.12. The maximum absolute atomic E-state index is 12.0. The van der Waals surface area contributed by atoms with Crippen LogP contribution in [0.3, 0.4) is 0 Å². The molecule has 2 rings (SSSR count). The van der Waals surface area contributed by atoms with Gasteiger partial charge in [-0.25, -0.2) is 4.79 Å². The lowest BCUT2D eigenvalue weighted by Gasteiger charge is -2.04. The van der Waals surface area contributed by atoms with Crippen LogP contribution in [-0.2, 0) is 9.59 Å². The van der Waals surface area contributed by atoms with Gasteiger partial charge in [0, 0.05) is 0 Å². The highest BCUT2D eigenvalue weighted by atomic mass is 16.4. The van der Waals surface area contributed by atoms with E-state index in [4.69, 9.17) is 9.52 Å². The molecule has 0 saturated heterocycles. The van der Waals surface area contributed by atoms with E-state index < -0.39 is 17.3 Å². The van der Waals surface area contributed by atoms with Crippen LogP contribution in [0.25, 0.3) is 11.0 Å². The molecule has 6 heteroatoms. The molecule has 0 bridgehead atoms. The highest BCUT2D eigenvalue weighted by Crippen LogP contribution is 2.17. The normalized spacial score (nSPS) is 10.3. The number of aliphatic carboxylic acids is 1. The lowest BCUT2D eigenvalue weighted by molar-refractivity contribution is -0.147. The lowest BCUT2D eigenvalue weighted by Crippen LogP contribution is -2.25. The minimum atomic E-state index is -1.67. The first kappa shape index (κ1) is 11.8. The van der Waals surface area contributed by atoms with Crippen molar-refractivity contribution in [3.63, 3.8) is 0 Å². The van der Waals surface area contributed by atoms with E-state index in [9.17, 15) is 14.4 Å². The number of nitrogens with one attached hydrogen (secondary N) is 1. The van der Waals surface area contributed by atoms with E-state index in [-0.39, 0.29) is 11.1 Å². The maximum Gasteiger partial charge on any atom is 0.394 e. The van der Waals surface area contributed by atoms with Crippen LogP contribution >= 0.6 is 0 Å². The van der Waals surface area contributed by atoms with Crippen LogP contribution in [0.5, 0.6) is 0 Å². The van der Waals surface area contributed by atoms with Gasteiger partial charge in [-0.15, -0.1) is 0 Å². The predicted molar refractivity (Wildman–Crippen MR) is 63.5 cm³/mol. The van der Waals surface area contributed by atoms with E-state index in [0.29, 0.717) is 5.58 Å². The van der Waals surface area contributed by atoms with Crippen molar-refractivity contribution in [1.82, 2.24) is 0 Å². The molecule has 2 N–H and O–H groups in total. The van der Waals surface area contributed by atoms with Gasteiger partial charge in [-0.3, -0.25) is 9.59 Å². The molecule has 0 atom stereocenters. The van der Waals surface area contributed by atoms with Crippen molar-refractivity contribution in [2.75, 3.05) is 5.32 Å². The third kappa shape index (κ3) is 1.95. The number of carboxylic acid groups (broad SMARTS) is 1. The fourth-order valence-electron chi connectivity index (χ4n) is 1.57. The van der Waals surface area contributed by atoms with Gasteiger partial charge in [0.25, 0.3) is 0 Å². The van der Waals surface area contributed by atoms with Crippen molar-refractivity contribution in [3.05, 3.63) is 40.2 Å². The van der Waals surface area contributed by atoms with Gasteiger partial charge in [-0.2, -0.15) is 0 Å². The number of amides is 1. The summed E-state index contributed by atoms with van der Waals surface area (Å²) < 4.78 is 5.23. The quantitative estimate of drug-likeness (QED) is 0.736. The number of carboxylic acids is 1. The lowest BCUT2D eigenvalue weighted by atomic mass is 10.1. The Morgan fingerprint density at radius 3 is 2.72 bits per heavy atom. The summed E-state index contributed by atoms with van der Waals surface area (Å²) in [4.78, 5) is 33.3. The molecule has 0 aliphatic heterocycles. The van der Waals surface area contributed by atoms with E-state index in [1.165, 1.54) is 0 Å². The summed E-state index contributed by atoms with van der Waals surface area (Å²) in [6.45, 7) is 1.78. The van der Waals surface area contributed by atoms with Crippen molar-refractivity contribution >= 4 is 28.5 Å². The average Bonchev–Trinajstić information content (AvgIpc) is 2.33. The molecule has 6 nitrogen and oxygen atoms in total. The Hall–Kier alpha value is -2.63. The zero-order valence-electron chi connectivity index (χ0n) is 9.39. The van der Waals surface area contributed by atoms with Crippen LogP contribution in [-0.4, -0.2) is 17.0 Å². The number of benzene rings is 1. The minimum Gasteiger partial charge on any atom is -0.474 e. The average molecular weight is 247 g/mol. The van der Waals surface area contributed by atoms with E-state index in [2.05, 4.69) is 0 Å². The van der Waals surface area contributed by atoms with Crippen LogP contribution in [0.15, 0.2) is 33.7 Å². The summed E-state index contributed by atoms with van der Waals surface area (Å²) in [7, 11) is 0. The Morgan fingerprint density at radius 2 is 2.06 bits per heavy atom. The summed E-state index contributed by atoms with van der Waals surface area (Å²) in [6, 6.07) is 5.00. The van der Waals surface area contributed by atoms with Crippen molar-refractivity contribution in [1.29, 1.82) is 0 Å². The molecule has 1 amide bonds. The Morgan fingerprint density at radius 1 is 1.33 bits per heavy atom. The van der Waals surface area contributed by atoms with Gasteiger partial charge in [-0.05, 0) is 18.6 Å². The summed E-state index contributed by atoms with van der Waals surface area (Å²) in [6.07, 6.45) is 1.04. The molecule has 0 aliphatic rings. The smallest absolute Gasteiger partial charge is 0.394 e. The number of anilines is 1. The molecule has 0 unspecified atom stereocenters. The van der Waals surface area contributed by atoms with Gasteiger partial charge < -0.3 is 14.8 Å². The fraction of sp³-hybridized carbons (Fsp3) is 0.0833. The molecule has 1 heterocycles. The monoisotopic (exact) mass is 247 g/mol. The largest absolute Gasteiger partial charge is 0.474 e. The number of hydrogen-bond acceptors (Lipinski definition) is 4. The summed E-state index contributed by atoms with van der Waals surface area (Å²) in [5, 5.41) is 10.7. The summed E-state index contributed by atoms with van der Waals surface area (Å²) in [5.74, 6) is -2.95. The number of para-hydroxylation sites is 1. The number of fused-ring (bicyclic) bond motifs is 1. The van der Waals surface area contributed by atoms with Crippen LogP contribution in [0.1, 0.15) is 5.56 Å². The van der Waals surface area contributed by atoms with Crippen molar-refractivity contribution in [2.45, 2.75) is 6.92 Å². The molecule has 0 spiro atoms. The first-order valence-electron chi connectivity index (χ1n) is 5.06. The maximum atomic E-state index is 12.0. The van der Waals surface area contributed by atoms with E-state index in [0.717, 1.165) is 11.8 Å². The Kier molecular flexibility index (Phi) is 2.85. The topological polar surface area (TPSA) is 96.6 Å². The number of hydrogen-bond donors (Lipinski definition) is 2. The second-order valence-corrected chi connectivity index (χ2v) is 3.69. The van der Waals surface area contributed by atoms with Crippen molar-refractivity contribution in [2.24, 2.45) is 0 Å². The zero-order chi connectivity index (χ0) is 13.3. The number of carbonyl (C=O) groups excluding carboxylic acids is 1. The van der Waals surface area contributed by atoms with Gasteiger partial charge in [0.05, 0.1) is 5.39 Å². The van der Waals surface area contributed by atoms with Crippen LogP contribution in [0, 0.1) is 6.92 Å². The summed E-state index contributed by atoms with van der Waals surface area (Å²) >= 11 is 0. The first-order valence-corrected chi connectivity index (χ1v) is 5.06. The Labute approximate surface area is 101 Å². The zero-order valence-corrected chi connectivity index (χ0v) is 9.39. The van der Waals surface area contributed by atoms with Crippen LogP contribution < -0.4 is 10.7 Å². The van der Waals surface area contributed by atoms with E-state index in [1.807, 2.05) is 5.32 Å². The van der Waals surface area contributed by atoms with E-state index >= 15 is 0 Å². The number of aryl methyl sites for hydroxylation is 1. The highest BCUT2D eigenvalue weighted by molar-refractivity contribution is 6.36. The minimum absolute atomic E-state index is 0.194. The highest BCUT2D eigenvalue weighted by Gasteiger charge is 2.15. The fourth-order valence-corrected chi connectivity index (χ4v) is 1.57. The molecule has 1 aromatic carbocycles. The molecule has 1 aromatic heterocycles. The summed E-state index contributed by atoms with van der Waals surface area (Å²) in [5.41, 5.74) is 0.520. The second kappa shape index (κ2) is 4.33. The van der Waals surface area contributed by atoms with Gasteiger partial charge in [0.15, 0.2) is 0 Å². The first-order chi connectivity index (χ1) is 8.50. The van der Waals surface area contributed by atoms with Gasteiger partial charge in [0.1, 0.15) is 17.5 Å². The molecule has 0 saturated carbocycles. The molecular formula is C12H9NO5. The van der Waals surface area contributed by atoms with Gasteiger partial charge >= 0.3 is 11.9 Å². The van der Waals surface area contributed by atoms with Crippen LogP contribution in [0.4, 0.5) is 5.69 Å². The standard InChI is InChI=1S/C12H9NO5/c1-6-3-2-4-7-9(14)8(5-18-10(6)7)13-11(15)12(16)17/h2-5H,1H3,(H,13,15)(H,16,17). The molecule has 18 heavy (non-hydrogen) atoms. The Balaban J connectivity index is 2.56.